The molecule has 53 heavy (non-hydrogen) atoms. The van der Waals surface area contributed by atoms with Crippen LogP contribution in [0.5, 0.6) is 0 Å². The quantitative estimate of drug-likeness (QED) is 0.164. The van der Waals surface area contributed by atoms with Gasteiger partial charge in [-0.15, -0.1) is 0 Å². The topological polar surface area (TPSA) is 29.0 Å². The molecule has 0 aliphatic rings. The van der Waals surface area contributed by atoms with Crippen molar-refractivity contribution in [1.82, 2.24) is 9.97 Å². The minimum atomic E-state index is 0.879. The summed E-state index contributed by atoms with van der Waals surface area (Å²) in [6.07, 6.45) is 0. The number of hydrogen-bond acceptors (Lipinski definition) is 3. The lowest BCUT2D eigenvalue weighted by Crippen LogP contribution is -2.10. The maximum Gasteiger partial charge on any atom is 0.0979 e. The van der Waals surface area contributed by atoms with Crippen LogP contribution in [0, 0.1) is 0 Å². The fourth-order valence-corrected chi connectivity index (χ4v) is 7.58. The zero-order valence-corrected chi connectivity index (χ0v) is 28.9. The molecule has 0 amide bonds. The van der Waals surface area contributed by atoms with Gasteiger partial charge in [0.2, 0.25) is 0 Å². The first kappa shape index (κ1) is 30.7. The predicted octanol–water partition coefficient (Wildman–Crippen LogP) is 13.6. The highest BCUT2D eigenvalue weighted by Gasteiger charge is 2.18. The fraction of sp³-hybridized carbons (Fsp3) is 0. The van der Waals surface area contributed by atoms with Crippen LogP contribution in [-0.4, -0.2) is 9.97 Å². The van der Waals surface area contributed by atoms with Crippen LogP contribution in [0.1, 0.15) is 0 Å². The van der Waals surface area contributed by atoms with Gasteiger partial charge in [-0.05, 0) is 80.5 Å². The van der Waals surface area contributed by atoms with Crippen molar-refractivity contribution in [2.75, 3.05) is 4.90 Å². The average Bonchev–Trinajstić information content (AvgIpc) is 3.24. The summed E-state index contributed by atoms with van der Waals surface area (Å²) >= 11 is 0. The highest BCUT2D eigenvalue weighted by molar-refractivity contribution is 6.19. The molecule has 1 heterocycles. The molecule has 0 unspecified atom stereocenters. The summed E-state index contributed by atoms with van der Waals surface area (Å²) in [6.45, 7) is 0. The highest BCUT2D eigenvalue weighted by atomic mass is 15.1. The molecule has 3 nitrogen and oxygen atoms in total. The van der Waals surface area contributed by atoms with E-state index in [9.17, 15) is 0 Å². The Hall–Kier alpha value is -7.10. The summed E-state index contributed by atoms with van der Waals surface area (Å²) in [5.74, 6) is 0. The van der Waals surface area contributed by atoms with Gasteiger partial charge >= 0.3 is 0 Å². The minimum absolute atomic E-state index is 0.879. The van der Waals surface area contributed by atoms with Crippen molar-refractivity contribution in [2.45, 2.75) is 0 Å². The molecule has 0 fully saturated rings. The standard InChI is InChI=1S/C50H33N3/c1-4-12-34(13-5-1)36-22-26-42(27-23-36)53(43-28-24-35-14-10-11-19-40(35)32-43)44-29-30-45-41(33-44)21-20-37-25-31-46-50(47(37)45)52-49(39-17-8-3-9-18-39)48(51-46)38-15-6-2-7-16-38/h1-33H. The van der Waals surface area contributed by atoms with E-state index < -0.39 is 0 Å². The van der Waals surface area contributed by atoms with Gasteiger partial charge in [-0.2, -0.15) is 0 Å². The predicted molar refractivity (Wildman–Crippen MR) is 223 cm³/mol. The number of nitrogens with zero attached hydrogens (tertiary/aromatic N) is 3. The first-order chi connectivity index (χ1) is 26.3. The molecule has 10 rings (SSSR count). The van der Waals surface area contributed by atoms with Crippen molar-refractivity contribution < 1.29 is 0 Å². The maximum absolute atomic E-state index is 5.44. The number of benzene rings is 9. The lowest BCUT2D eigenvalue weighted by Gasteiger charge is -2.26. The SMILES string of the molecule is c1ccc(-c2ccc(N(c3ccc4ccccc4c3)c3ccc4c(ccc5ccc6nc(-c7ccccc7)c(-c7ccccc7)nc6c54)c3)cc2)cc1. The van der Waals surface area contributed by atoms with E-state index in [0.29, 0.717) is 0 Å². The second kappa shape index (κ2) is 12.9. The van der Waals surface area contributed by atoms with Crippen LogP contribution in [0.2, 0.25) is 0 Å². The van der Waals surface area contributed by atoms with Gasteiger partial charge in [0.1, 0.15) is 0 Å². The Morgan fingerprint density at radius 3 is 1.51 bits per heavy atom. The molecular weight excluding hydrogens is 643 g/mol. The molecule has 0 N–H and O–H groups in total. The van der Waals surface area contributed by atoms with Crippen molar-refractivity contribution in [2.24, 2.45) is 0 Å². The lowest BCUT2D eigenvalue weighted by molar-refractivity contribution is 1.29. The molecule has 0 bridgehead atoms. The summed E-state index contributed by atoms with van der Waals surface area (Å²) in [6, 6.07) is 71.0. The Morgan fingerprint density at radius 1 is 0.321 bits per heavy atom. The van der Waals surface area contributed by atoms with Crippen LogP contribution in [0.3, 0.4) is 0 Å². The van der Waals surface area contributed by atoms with E-state index in [1.54, 1.807) is 0 Å². The van der Waals surface area contributed by atoms with Crippen LogP contribution in [0.25, 0.3) is 77.0 Å². The monoisotopic (exact) mass is 675 g/mol. The van der Waals surface area contributed by atoms with E-state index in [1.165, 1.54) is 21.9 Å². The second-order valence-corrected chi connectivity index (χ2v) is 13.4. The molecule has 0 saturated heterocycles. The molecule has 0 saturated carbocycles. The normalized spacial score (nSPS) is 11.4. The summed E-state index contributed by atoms with van der Waals surface area (Å²) in [7, 11) is 0. The van der Waals surface area contributed by atoms with Gasteiger partial charge in [0.15, 0.2) is 0 Å². The Morgan fingerprint density at radius 2 is 0.811 bits per heavy atom. The molecule has 0 radical (unpaired) electrons. The summed E-state index contributed by atoms with van der Waals surface area (Å²) in [5, 5.41) is 6.97. The molecule has 248 valence electrons. The van der Waals surface area contributed by atoms with Crippen LogP contribution in [-0.2, 0) is 0 Å². The molecule has 1 aromatic heterocycles. The Balaban J connectivity index is 1.16. The van der Waals surface area contributed by atoms with E-state index in [2.05, 4.69) is 193 Å². The van der Waals surface area contributed by atoms with Crippen LogP contribution >= 0.6 is 0 Å². The zero-order chi connectivity index (χ0) is 35.1. The molecule has 10 aromatic rings. The van der Waals surface area contributed by atoms with Gasteiger partial charge in [0.05, 0.1) is 22.4 Å². The third-order valence-corrected chi connectivity index (χ3v) is 10.2. The fourth-order valence-electron chi connectivity index (χ4n) is 7.58. The minimum Gasteiger partial charge on any atom is -0.310 e. The van der Waals surface area contributed by atoms with E-state index in [1.807, 2.05) is 12.1 Å². The molecule has 0 atom stereocenters. The maximum atomic E-state index is 5.44. The van der Waals surface area contributed by atoms with Crippen molar-refractivity contribution in [3.8, 4) is 33.6 Å². The second-order valence-electron chi connectivity index (χ2n) is 13.4. The summed E-state index contributed by atoms with van der Waals surface area (Å²) < 4.78 is 0. The zero-order valence-electron chi connectivity index (χ0n) is 28.9. The van der Waals surface area contributed by atoms with Crippen LogP contribution in [0.15, 0.2) is 200 Å². The van der Waals surface area contributed by atoms with E-state index >= 15 is 0 Å². The molecule has 0 aliphatic carbocycles. The van der Waals surface area contributed by atoms with E-state index in [0.717, 1.165) is 72.2 Å². The number of fused-ring (bicyclic) bond motifs is 6. The Labute approximate surface area is 308 Å². The van der Waals surface area contributed by atoms with Gasteiger partial charge in [-0.1, -0.05) is 158 Å². The van der Waals surface area contributed by atoms with Crippen LogP contribution in [0.4, 0.5) is 17.1 Å². The van der Waals surface area contributed by atoms with Crippen molar-refractivity contribution in [1.29, 1.82) is 0 Å². The van der Waals surface area contributed by atoms with Crippen molar-refractivity contribution in [3.63, 3.8) is 0 Å². The van der Waals surface area contributed by atoms with E-state index in [4.69, 9.17) is 9.97 Å². The van der Waals surface area contributed by atoms with Gasteiger partial charge in [-0.25, -0.2) is 9.97 Å². The third kappa shape index (κ3) is 5.56. The molecule has 9 aromatic carbocycles. The average molecular weight is 676 g/mol. The molecular formula is C50H33N3. The molecule has 0 aliphatic heterocycles. The lowest BCUT2D eigenvalue weighted by atomic mass is 9.98. The summed E-state index contributed by atoms with van der Waals surface area (Å²) in [5.41, 5.74) is 11.3. The van der Waals surface area contributed by atoms with Gasteiger partial charge in [0, 0.05) is 33.6 Å². The van der Waals surface area contributed by atoms with E-state index in [-0.39, 0.29) is 0 Å². The Bertz CT molecular complexity index is 2920. The first-order valence-corrected chi connectivity index (χ1v) is 18.0. The van der Waals surface area contributed by atoms with Gasteiger partial charge in [-0.3, -0.25) is 0 Å². The number of aromatic nitrogens is 2. The number of anilines is 3. The number of rotatable bonds is 6. The van der Waals surface area contributed by atoms with Gasteiger partial charge < -0.3 is 4.90 Å². The van der Waals surface area contributed by atoms with Crippen LogP contribution < -0.4 is 4.90 Å². The summed E-state index contributed by atoms with van der Waals surface area (Å²) in [4.78, 5) is 13.1. The highest BCUT2D eigenvalue weighted by Crippen LogP contribution is 2.41. The largest absolute Gasteiger partial charge is 0.310 e. The molecule has 0 spiro atoms. The van der Waals surface area contributed by atoms with Crippen molar-refractivity contribution >= 4 is 60.4 Å². The number of hydrogen-bond donors (Lipinski definition) is 0. The first-order valence-electron chi connectivity index (χ1n) is 18.0. The molecule has 3 heteroatoms. The smallest absolute Gasteiger partial charge is 0.0979 e. The third-order valence-electron chi connectivity index (χ3n) is 10.2. The van der Waals surface area contributed by atoms with Crippen molar-refractivity contribution in [3.05, 3.63) is 200 Å². The Kier molecular flexibility index (Phi) is 7.47. The van der Waals surface area contributed by atoms with Gasteiger partial charge in [0.25, 0.3) is 0 Å².